The molecule has 2 aromatic carbocycles. The van der Waals surface area contributed by atoms with Gasteiger partial charge in [-0.3, -0.25) is 4.79 Å². The minimum atomic E-state index is 0.0450. The molecule has 24 heavy (non-hydrogen) atoms. The lowest BCUT2D eigenvalue weighted by molar-refractivity contribution is -0.885. The van der Waals surface area contributed by atoms with Gasteiger partial charge in [0.05, 0.1) is 14.2 Å². The van der Waals surface area contributed by atoms with Crippen LogP contribution in [0, 0.1) is 0 Å². The quantitative estimate of drug-likeness (QED) is 0.773. The Hall–Kier alpha value is -2.33. The summed E-state index contributed by atoms with van der Waals surface area (Å²) in [5.41, 5.74) is 3.58. The van der Waals surface area contributed by atoms with E-state index in [-0.39, 0.29) is 5.91 Å². The summed E-state index contributed by atoms with van der Waals surface area (Å²) < 4.78 is 5.30. The highest BCUT2D eigenvalue weighted by Gasteiger charge is 2.11. The summed E-state index contributed by atoms with van der Waals surface area (Å²) in [6.07, 6.45) is 1.05. The van der Waals surface area contributed by atoms with Gasteiger partial charge in [-0.05, 0) is 18.1 Å². The molecule has 1 unspecified atom stereocenters. The van der Waals surface area contributed by atoms with Crippen LogP contribution in [0.1, 0.15) is 23.6 Å². The van der Waals surface area contributed by atoms with Crippen molar-refractivity contribution in [3.63, 3.8) is 0 Å². The first-order chi connectivity index (χ1) is 11.6. The maximum atomic E-state index is 12.1. The third-order valence-electron chi connectivity index (χ3n) is 4.07. The Labute approximate surface area is 144 Å². The molecule has 0 fully saturated rings. The topological polar surface area (TPSA) is 42.8 Å². The van der Waals surface area contributed by atoms with E-state index in [9.17, 15) is 4.79 Å². The second-order valence-electron chi connectivity index (χ2n) is 6.07. The van der Waals surface area contributed by atoms with Crippen LogP contribution in [0.3, 0.4) is 0 Å². The lowest BCUT2D eigenvalue weighted by Gasteiger charge is -2.15. The Morgan fingerprint density at radius 1 is 1.08 bits per heavy atom. The predicted molar refractivity (Wildman–Crippen MR) is 96.1 cm³/mol. The largest absolute Gasteiger partial charge is 0.496 e. The number of hydrogen-bond acceptors (Lipinski definition) is 2. The third kappa shape index (κ3) is 5.39. The molecule has 0 heterocycles. The summed E-state index contributed by atoms with van der Waals surface area (Å²) in [7, 11) is 3.68. The average Bonchev–Trinajstić information content (AvgIpc) is 2.60. The van der Waals surface area contributed by atoms with Gasteiger partial charge < -0.3 is 15.0 Å². The average molecular weight is 327 g/mol. The number of aryl methyl sites for hydroxylation is 1. The number of para-hydroxylation sites is 1. The molecular weight excluding hydrogens is 300 g/mol. The molecule has 0 aliphatic heterocycles. The Morgan fingerprint density at radius 2 is 1.75 bits per heavy atom. The number of quaternary nitrogens is 1. The second kappa shape index (κ2) is 9.08. The summed E-state index contributed by atoms with van der Waals surface area (Å²) in [4.78, 5) is 13.3. The van der Waals surface area contributed by atoms with E-state index in [0.717, 1.165) is 29.2 Å². The van der Waals surface area contributed by atoms with Crippen molar-refractivity contribution in [3.8, 4) is 5.75 Å². The number of carbonyl (C=O) groups is 1. The Bertz CT molecular complexity index is 653. The maximum absolute atomic E-state index is 12.1. The van der Waals surface area contributed by atoms with Crippen LogP contribution in [-0.4, -0.2) is 26.6 Å². The van der Waals surface area contributed by atoms with Crippen molar-refractivity contribution >= 4 is 5.91 Å². The van der Waals surface area contributed by atoms with Crippen molar-refractivity contribution in [1.29, 1.82) is 0 Å². The van der Waals surface area contributed by atoms with Crippen LogP contribution in [0.2, 0.25) is 0 Å². The van der Waals surface area contributed by atoms with Crippen molar-refractivity contribution in [2.45, 2.75) is 26.4 Å². The molecule has 0 saturated carbocycles. The first-order valence-corrected chi connectivity index (χ1v) is 8.40. The van der Waals surface area contributed by atoms with E-state index in [1.807, 2.05) is 31.3 Å². The molecule has 4 heteroatoms. The number of amides is 1. The molecule has 0 aliphatic rings. The Kier molecular flexibility index (Phi) is 6.82. The van der Waals surface area contributed by atoms with Crippen LogP contribution in [-0.2, 0) is 24.3 Å². The number of rotatable bonds is 8. The van der Waals surface area contributed by atoms with E-state index in [1.165, 1.54) is 11.1 Å². The van der Waals surface area contributed by atoms with Crippen molar-refractivity contribution in [1.82, 2.24) is 5.32 Å². The first-order valence-electron chi connectivity index (χ1n) is 8.40. The standard InChI is InChI=1S/C20H26N2O2/c1-4-16-9-11-17(12-10-16)14-22(2)15-20(23)21-13-18-7-5-6-8-19(18)24-3/h5-12H,4,13-15H2,1-3H3,(H,21,23)/p+1. The highest BCUT2D eigenvalue weighted by atomic mass is 16.5. The zero-order valence-corrected chi connectivity index (χ0v) is 14.8. The Balaban J connectivity index is 1.80. The zero-order valence-electron chi connectivity index (χ0n) is 14.8. The fourth-order valence-corrected chi connectivity index (χ4v) is 2.68. The third-order valence-corrected chi connectivity index (χ3v) is 4.07. The monoisotopic (exact) mass is 327 g/mol. The molecule has 1 atom stereocenters. The molecule has 0 radical (unpaired) electrons. The van der Waals surface area contributed by atoms with Gasteiger partial charge in [0, 0.05) is 17.7 Å². The van der Waals surface area contributed by atoms with Gasteiger partial charge in [-0.25, -0.2) is 0 Å². The second-order valence-corrected chi connectivity index (χ2v) is 6.07. The normalized spacial score (nSPS) is 11.8. The van der Waals surface area contributed by atoms with E-state index >= 15 is 0 Å². The number of nitrogens with one attached hydrogen (secondary N) is 2. The number of carbonyl (C=O) groups excluding carboxylic acids is 1. The number of likely N-dealkylation sites (N-methyl/N-ethyl adjacent to an activating group) is 1. The molecule has 4 nitrogen and oxygen atoms in total. The van der Waals surface area contributed by atoms with Gasteiger partial charge in [0.1, 0.15) is 12.3 Å². The highest BCUT2D eigenvalue weighted by molar-refractivity contribution is 5.76. The molecule has 2 N–H and O–H groups in total. The van der Waals surface area contributed by atoms with Crippen molar-refractivity contribution in [2.24, 2.45) is 0 Å². The van der Waals surface area contributed by atoms with Crippen LogP contribution in [0.5, 0.6) is 5.75 Å². The fourth-order valence-electron chi connectivity index (χ4n) is 2.68. The van der Waals surface area contributed by atoms with E-state index in [2.05, 4.69) is 36.5 Å². The molecule has 0 aromatic heterocycles. The first kappa shape index (κ1) is 18.0. The van der Waals surface area contributed by atoms with Gasteiger partial charge in [-0.15, -0.1) is 0 Å². The maximum Gasteiger partial charge on any atom is 0.275 e. The molecular formula is C20H27N2O2+. The lowest BCUT2D eigenvalue weighted by atomic mass is 10.1. The van der Waals surface area contributed by atoms with Gasteiger partial charge >= 0.3 is 0 Å². The smallest absolute Gasteiger partial charge is 0.275 e. The van der Waals surface area contributed by atoms with Gasteiger partial charge in [0.2, 0.25) is 0 Å². The summed E-state index contributed by atoms with van der Waals surface area (Å²) >= 11 is 0. The van der Waals surface area contributed by atoms with Crippen LogP contribution >= 0.6 is 0 Å². The predicted octanol–water partition coefficient (Wildman–Crippen LogP) is 1.59. The molecule has 1 amide bonds. The van der Waals surface area contributed by atoms with Gasteiger partial charge in [-0.1, -0.05) is 49.4 Å². The van der Waals surface area contributed by atoms with E-state index in [4.69, 9.17) is 4.74 Å². The van der Waals surface area contributed by atoms with Crippen molar-refractivity contribution in [3.05, 3.63) is 65.2 Å². The van der Waals surface area contributed by atoms with E-state index in [1.54, 1.807) is 7.11 Å². The van der Waals surface area contributed by atoms with Crippen molar-refractivity contribution in [2.75, 3.05) is 20.7 Å². The number of ether oxygens (including phenoxy) is 1. The summed E-state index contributed by atoms with van der Waals surface area (Å²) in [5, 5.41) is 2.97. The van der Waals surface area contributed by atoms with Crippen LogP contribution < -0.4 is 15.0 Å². The molecule has 2 aromatic rings. The SMILES string of the molecule is CCc1ccc(C[NH+](C)CC(=O)NCc2ccccc2OC)cc1. The Morgan fingerprint density at radius 3 is 2.42 bits per heavy atom. The number of benzene rings is 2. The van der Waals surface area contributed by atoms with Gasteiger partial charge in [-0.2, -0.15) is 0 Å². The summed E-state index contributed by atoms with van der Waals surface area (Å²) in [6, 6.07) is 16.3. The molecule has 128 valence electrons. The number of hydrogen-bond donors (Lipinski definition) is 2. The van der Waals surface area contributed by atoms with E-state index < -0.39 is 0 Å². The molecule has 0 saturated heterocycles. The molecule has 2 rings (SSSR count). The van der Waals surface area contributed by atoms with E-state index in [0.29, 0.717) is 13.1 Å². The van der Waals surface area contributed by atoms with Crippen molar-refractivity contribution < 1.29 is 14.4 Å². The van der Waals surface area contributed by atoms with Crippen LogP contribution in [0.25, 0.3) is 0 Å². The number of methoxy groups -OCH3 is 1. The zero-order chi connectivity index (χ0) is 17.4. The van der Waals surface area contributed by atoms with Crippen LogP contribution in [0.4, 0.5) is 0 Å². The summed E-state index contributed by atoms with van der Waals surface area (Å²) in [5.74, 6) is 0.845. The minimum Gasteiger partial charge on any atom is -0.496 e. The summed E-state index contributed by atoms with van der Waals surface area (Å²) in [6.45, 7) is 3.93. The van der Waals surface area contributed by atoms with Gasteiger partial charge in [0.25, 0.3) is 5.91 Å². The minimum absolute atomic E-state index is 0.0450. The molecule has 0 bridgehead atoms. The van der Waals surface area contributed by atoms with Gasteiger partial charge in [0.15, 0.2) is 6.54 Å². The molecule has 0 aliphatic carbocycles. The lowest BCUT2D eigenvalue weighted by Crippen LogP contribution is -3.08. The molecule has 0 spiro atoms. The van der Waals surface area contributed by atoms with Crippen LogP contribution in [0.15, 0.2) is 48.5 Å². The highest BCUT2D eigenvalue weighted by Crippen LogP contribution is 2.16. The fraction of sp³-hybridized carbons (Fsp3) is 0.350.